The Morgan fingerprint density at radius 3 is 2.55 bits per heavy atom. The highest BCUT2D eigenvalue weighted by atomic mass is 35.5. The molecule has 0 unspecified atom stereocenters. The lowest BCUT2D eigenvalue weighted by Crippen LogP contribution is -2.48. The summed E-state index contributed by atoms with van der Waals surface area (Å²) < 4.78 is 33.3. The van der Waals surface area contributed by atoms with Crippen molar-refractivity contribution in [3.8, 4) is 5.75 Å². The number of allylic oxidation sites excluding steroid dienone is 1. The van der Waals surface area contributed by atoms with Crippen LogP contribution in [0.1, 0.15) is 18.1 Å². The van der Waals surface area contributed by atoms with Crippen molar-refractivity contribution in [2.75, 3.05) is 7.11 Å². The minimum Gasteiger partial charge on any atom is -0.497 e. The number of amides is 1. The van der Waals surface area contributed by atoms with E-state index >= 15 is 0 Å². The molecule has 0 aromatic heterocycles. The summed E-state index contributed by atoms with van der Waals surface area (Å²) in [6.07, 6.45) is 1.39. The van der Waals surface area contributed by atoms with Gasteiger partial charge in [0.1, 0.15) is 5.75 Å². The van der Waals surface area contributed by atoms with E-state index < -0.39 is 16.1 Å². The zero-order valence-electron chi connectivity index (χ0n) is 15.9. The van der Waals surface area contributed by atoms with Gasteiger partial charge >= 0.3 is 10.2 Å². The Balaban J connectivity index is 1.80. The number of benzene rings is 2. The first-order valence-electron chi connectivity index (χ1n) is 8.73. The van der Waals surface area contributed by atoms with Crippen molar-refractivity contribution in [3.05, 3.63) is 76.0 Å². The molecule has 0 aliphatic carbocycles. The molecular weight excluding hydrogens is 414 g/mol. The first kappa shape index (κ1) is 20.9. The van der Waals surface area contributed by atoms with E-state index in [1.165, 1.54) is 13.1 Å². The summed E-state index contributed by atoms with van der Waals surface area (Å²) in [5.74, 6) is 0.0104. The molecule has 1 N–H and O–H groups in total. The van der Waals surface area contributed by atoms with Crippen molar-refractivity contribution in [2.45, 2.75) is 20.0 Å². The number of aliphatic imine (C=N–C) groups is 1. The number of nitrogens with one attached hydrogen (secondary N) is 1. The molecule has 152 valence electrons. The molecule has 7 nitrogen and oxygen atoms in total. The summed E-state index contributed by atoms with van der Waals surface area (Å²) in [5.41, 5.74) is 1.96. The Morgan fingerprint density at radius 2 is 1.90 bits per heavy atom. The van der Waals surface area contributed by atoms with Crippen LogP contribution in [-0.2, 0) is 28.1 Å². The van der Waals surface area contributed by atoms with Crippen LogP contribution in [0.5, 0.6) is 5.75 Å². The summed E-state index contributed by atoms with van der Waals surface area (Å²) in [6.45, 7) is 1.74. The van der Waals surface area contributed by atoms with E-state index in [1.54, 1.807) is 43.5 Å². The van der Waals surface area contributed by atoms with Gasteiger partial charge in [0.05, 0.1) is 25.8 Å². The second-order valence-corrected chi connectivity index (χ2v) is 8.44. The summed E-state index contributed by atoms with van der Waals surface area (Å²) in [7, 11) is -2.44. The summed E-state index contributed by atoms with van der Waals surface area (Å²) >= 11 is 5.96. The van der Waals surface area contributed by atoms with Gasteiger partial charge in [0, 0.05) is 16.9 Å². The number of rotatable bonds is 6. The topological polar surface area (TPSA) is 88.1 Å². The number of ether oxygens (including phenoxy) is 1. The lowest BCUT2D eigenvalue weighted by molar-refractivity contribution is -0.122. The van der Waals surface area contributed by atoms with Crippen molar-refractivity contribution >= 4 is 33.9 Å². The summed E-state index contributed by atoms with van der Waals surface area (Å²) in [5, 5.41) is 0.597. The molecule has 9 heteroatoms. The fourth-order valence-electron chi connectivity index (χ4n) is 2.79. The quantitative estimate of drug-likeness (QED) is 0.709. The first-order valence-corrected chi connectivity index (χ1v) is 10.5. The molecule has 2 aromatic rings. The van der Waals surface area contributed by atoms with Crippen molar-refractivity contribution < 1.29 is 17.9 Å². The lowest BCUT2D eigenvalue weighted by Gasteiger charge is -2.28. The second-order valence-electron chi connectivity index (χ2n) is 6.41. The van der Waals surface area contributed by atoms with Crippen molar-refractivity contribution in [1.29, 1.82) is 0 Å². The number of methoxy groups -OCH3 is 1. The minimum absolute atomic E-state index is 0.100. The number of carbonyl (C=O) groups excluding carboxylic acids is 1. The van der Waals surface area contributed by atoms with Gasteiger partial charge in [0.25, 0.3) is 5.91 Å². The van der Waals surface area contributed by atoms with E-state index in [9.17, 15) is 13.2 Å². The van der Waals surface area contributed by atoms with Crippen LogP contribution in [0.25, 0.3) is 0 Å². The lowest BCUT2D eigenvalue weighted by atomic mass is 10.2. The molecule has 0 saturated heterocycles. The normalized spacial score (nSPS) is 16.2. The Morgan fingerprint density at radius 1 is 1.17 bits per heavy atom. The fraction of sp³-hybridized carbons (Fsp3) is 0.200. The number of nitrogens with zero attached hydrogens (tertiary/aromatic N) is 2. The van der Waals surface area contributed by atoms with Crippen molar-refractivity contribution in [3.63, 3.8) is 0 Å². The first-order chi connectivity index (χ1) is 13.8. The van der Waals surface area contributed by atoms with E-state index in [4.69, 9.17) is 16.3 Å². The summed E-state index contributed by atoms with van der Waals surface area (Å²) in [6, 6.07) is 14.1. The maximum absolute atomic E-state index is 12.9. The minimum atomic E-state index is -3.99. The summed E-state index contributed by atoms with van der Waals surface area (Å²) in [4.78, 5) is 17.2. The predicted molar refractivity (Wildman–Crippen MR) is 112 cm³/mol. The monoisotopic (exact) mass is 433 g/mol. The highest BCUT2D eigenvalue weighted by Gasteiger charge is 2.35. The Hall–Kier alpha value is -2.84. The highest BCUT2D eigenvalue weighted by Crippen LogP contribution is 2.21. The second kappa shape index (κ2) is 8.67. The molecule has 29 heavy (non-hydrogen) atoms. The number of hydrogen-bond acceptors (Lipinski definition) is 5. The average molecular weight is 434 g/mol. The van der Waals surface area contributed by atoms with E-state index in [0.717, 1.165) is 9.87 Å². The number of halogens is 1. The molecule has 1 aliphatic heterocycles. The molecule has 1 heterocycles. The van der Waals surface area contributed by atoms with Crippen LogP contribution >= 0.6 is 11.6 Å². The zero-order chi connectivity index (χ0) is 21.0. The Labute approximate surface area is 174 Å². The molecule has 0 bridgehead atoms. The van der Waals surface area contributed by atoms with Crippen LogP contribution in [0.15, 0.2) is 64.8 Å². The van der Waals surface area contributed by atoms with Gasteiger partial charge in [0.15, 0.2) is 0 Å². The van der Waals surface area contributed by atoms with E-state index in [2.05, 4.69) is 9.71 Å². The predicted octanol–water partition coefficient (Wildman–Crippen LogP) is 3.07. The van der Waals surface area contributed by atoms with Crippen molar-refractivity contribution in [1.82, 2.24) is 9.03 Å². The van der Waals surface area contributed by atoms with Gasteiger partial charge in [-0.25, -0.2) is 4.31 Å². The molecule has 0 fully saturated rings. The van der Waals surface area contributed by atoms with Crippen LogP contribution in [0.4, 0.5) is 0 Å². The third-order valence-corrected chi connectivity index (χ3v) is 5.98. The van der Waals surface area contributed by atoms with E-state index in [1.807, 2.05) is 12.1 Å². The molecule has 1 amide bonds. The van der Waals surface area contributed by atoms with Gasteiger partial charge in [-0.2, -0.15) is 8.42 Å². The molecule has 2 aromatic carbocycles. The van der Waals surface area contributed by atoms with Gasteiger partial charge in [-0.05, 0) is 42.3 Å². The SMILES string of the molecule is COc1ccc(CN2C(=O)C(C=NCc3cccc(Cl)c3)=C(C)NS2(=O)=O)cc1. The maximum atomic E-state index is 12.9. The van der Waals surface area contributed by atoms with Gasteiger partial charge < -0.3 is 4.74 Å². The molecule has 0 radical (unpaired) electrons. The highest BCUT2D eigenvalue weighted by molar-refractivity contribution is 7.87. The molecular formula is C20H20ClN3O4S. The van der Waals surface area contributed by atoms with Gasteiger partial charge in [-0.1, -0.05) is 35.9 Å². The van der Waals surface area contributed by atoms with Crippen LogP contribution in [0, 0.1) is 0 Å². The third-order valence-electron chi connectivity index (χ3n) is 4.30. The van der Waals surface area contributed by atoms with Gasteiger partial charge in [-0.15, -0.1) is 0 Å². The van der Waals surface area contributed by atoms with Gasteiger partial charge in [-0.3, -0.25) is 14.5 Å². The van der Waals surface area contributed by atoms with Crippen LogP contribution in [0.3, 0.4) is 0 Å². The molecule has 1 aliphatic rings. The molecule has 0 atom stereocenters. The Kier molecular flexibility index (Phi) is 6.24. The molecule has 3 rings (SSSR count). The standard InChI is InChI=1S/C20H20ClN3O4S/c1-14-19(12-22-11-16-4-3-5-17(21)10-16)20(25)24(29(26,27)23-14)13-15-6-8-18(28-2)9-7-15/h3-10,12,23H,11,13H2,1-2H3. The van der Waals surface area contributed by atoms with Crippen LogP contribution in [0.2, 0.25) is 5.02 Å². The maximum Gasteiger partial charge on any atom is 0.326 e. The van der Waals surface area contributed by atoms with Crippen LogP contribution < -0.4 is 9.46 Å². The van der Waals surface area contributed by atoms with Crippen LogP contribution in [-0.4, -0.2) is 32.0 Å². The third kappa shape index (κ3) is 4.96. The largest absolute Gasteiger partial charge is 0.497 e. The Bertz CT molecular complexity index is 1080. The van der Waals surface area contributed by atoms with Gasteiger partial charge in [0.2, 0.25) is 0 Å². The number of hydrogen-bond donors (Lipinski definition) is 1. The smallest absolute Gasteiger partial charge is 0.326 e. The number of carbonyl (C=O) groups is 1. The van der Waals surface area contributed by atoms with E-state index in [0.29, 0.717) is 22.9 Å². The van der Waals surface area contributed by atoms with Crippen molar-refractivity contribution in [2.24, 2.45) is 4.99 Å². The average Bonchev–Trinajstić information content (AvgIpc) is 2.68. The molecule has 0 saturated carbocycles. The van der Waals surface area contributed by atoms with E-state index in [-0.39, 0.29) is 17.8 Å². The molecule has 0 spiro atoms. The fourth-order valence-corrected chi connectivity index (χ4v) is 4.25. The zero-order valence-corrected chi connectivity index (χ0v) is 17.5.